The van der Waals surface area contributed by atoms with Gasteiger partial charge in [-0.3, -0.25) is 4.79 Å². The molecule has 2 unspecified atom stereocenters. The molecule has 0 saturated heterocycles. The molecule has 0 bridgehead atoms. The number of aliphatic hydroxyl groups is 2. The Morgan fingerprint density at radius 3 is 0.884 bits per heavy atom. The van der Waals surface area contributed by atoms with Crippen molar-refractivity contribution >= 4 is 5.91 Å². The lowest BCUT2D eigenvalue weighted by molar-refractivity contribution is -0.123. The number of rotatable bonds is 58. The lowest BCUT2D eigenvalue weighted by Crippen LogP contribution is -2.45. The van der Waals surface area contributed by atoms with E-state index in [9.17, 15) is 15.0 Å². The largest absolute Gasteiger partial charge is 0.394 e. The first-order valence-corrected chi connectivity index (χ1v) is 31.4. The average molecular weight is 967 g/mol. The summed E-state index contributed by atoms with van der Waals surface area (Å²) in [5, 5.41) is 23.2. The monoisotopic (exact) mass is 966 g/mol. The van der Waals surface area contributed by atoms with E-state index in [1.54, 1.807) is 6.08 Å². The number of allylic oxidation sites excluding steroid dienone is 7. The van der Waals surface area contributed by atoms with Crippen molar-refractivity contribution in [2.75, 3.05) is 6.61 Å². The SMILES string of the molecule is CCCCCCC/C=C\C/C=C\C/C=C\CCCCCCCCCCCCCCCCCCCCCCCCCCC(=O)NC(CO)C(O)/C=C/CCCCCCCCCCCCCCCCCC. The first kappa shape index (κ1) is 67.3. The molecule has 0 rings (SSSR count). The fourth-order valence-electron chi connectivity index (χ4n) is 9.78. The summed E-state index contributed by atoms with van der Waals surface area (Å²) in [6.07, 6.45) is 84.5. The molecular weight excluding hydrogens is 843 g/mol. The Hall–Kier alpha value is -1.65. The zero-order valence-corrected chi connectivity index (χ0v) is 46.8. The quantitative estimate of drug-likeness (QED) is 0.0420. The van der Waals surface area contributed by atoms with Crippen molar-refractivity contribution in [3.05, 3.63) is 48.6 Å². The van der Waals surface area contributed by atoms with Crippen molar-refractivity contribution in [3.8, 4) is 0 Å². The number of carbonyl (C=O) groups excluding carboxylic acids is 1. The number of nitrogens with one attached hydrogen (secondary N) is 1. The maximum absolute atomic E-state index is 12.5. The van der Waals surface area contributed by atoms with Crippen LogP contribution in [0.25, 0.3) is 0 Å². The third-order valence-electron chi connectivity index (χ3n) is 14.6. The Bertz CT molecular complexity index is 1090. The van der Waals surface area contributed by atoms with Crippen LogP contribution in [-0.4, -0.2) is 34.9 Å². The van der Waals surface area contributed by atoms with Crippen molar-refractivity contribution in [2.45, 2.75) is 353 Å². The smallest absolute Gasteiger partial charge is 0.220 e. The van der Waals surface area contributed by atoms with Crippen LogP contribution in [-0.2, 0) is 4.79 Å². The molecule has 0 aliphatic rings. The van der Waals surface area contributed by atoms with Crippen LogP contribution in [0.15, 0.2) is 48.6 Å². The summed E-state index contributed by atoms with van der Waals surface area (Å²) in [7, 11) is 0. The van der Waals surface area contributed by atoms with E-state index in [0.717, 1.165) is 38.5 Å². The van der Waals surface area contributed by atoms with E-state index in [2.05, 4.69) is 55.6 Å². The zero-order valence-electron chi connectivity index (χ0n) is 46.8. The van der Waals surface area contributed by atoms with E-state index in [1.807, 2.05) is 6.08 Å². The Balaban J connectivity index is 3.41. The third kappa shape index (κ3) is 57.1. The number of amides is 1. The summed E-state index contributed by atoms with van der Waals surface area (Å²) < 4.78 is 0. The molecule has 0 fully saturated rings. The Morgan fingerprint density at radius 1 is 0.348 bits per heavy atom. The van der Waals surface area contributed by atoms with Gasteiger partial charge in [0.1, 0.15) is 0 Å². The number of aliphatic hydroxyl groups excluding tert-OH is 2. The molecule has 0 aliphatic carbocycles. The van der Waals surface area contributed by atoms with Gasteiger partial charge in [0.05, 0.1) is 18.8 Å². The summed E-state index contributed by atoms with van der Waals surface area (Å²) in [6, 6.07) is -0.621. The number of hydrogen-bond donors (Lipinski definition) is 3. The predicted octanol–water partition coefficient (Wildman–Crippen LogP) is 21.0. The lowest BCUT2D eigenvalue weighted by atomic mass is 10.0. The van der Waals surface area contributed by atoms with Gasteiger partial charge in [-0.1, -0.05) is 326 Å². The lowest BCUT2D eigenvalue weighted by Gasteiger charge is -2.20. The molecule has 0 aromatic rings. The van der Waals surface area contributed by atoms with Gasteiger partial charge < -0.3 is 15.5 Å². The normalized spacial score (nSPS) is 13.0. The molecule has 0 saturated carbocycles. The van der Waals surface area contributed by atoms with Crippen LogP contribution >= 0.6 is 0 Å². The predicted molar refractivity (Wildman–Crippen MR) is 308 cm³/mol. The molecule has 0 aromatic heterocycles. The van der Waals surface area contributed by atoms with Crippen LogP contribution < -0.4 is 5.32 Å². The highest BCUT2D eigenvalue weighted by Crippen LogP contribution is 2.18. The van der Waals surface area contributed by atoms with Crippen LogP contribution in [0, 0.1) is 0 Å². The van der Waals surface area contributed by atoms with Gasteiger partial charge in [-0.05, 0) is 57.8 Å². The van der Waals surface area contributed by atoms with E-state index < -0.39 is 12.1 Å². The Morgan fingerprint density at radius 2 is 0.594 bits per heavy atom. The molecule has 4 heteroatoms. The van der Waals surface area contributed by atoms with Crippen molar-refractivity contribution in [2.24, 2.45) is 0 Å². The molecule has 2 atom stereocenters. The summed E-state index contributed by atoms with van der Waals surface area (Å²) in [5.74, 6) is -0.0578. The molecule has 3 N–H and O–H groups in total. The molecule has 4 nitrogen and oxygen atoms in total. The van der Waals surface area contributed by atoms with Crippen LogP contribution in [0.4, 0.5) is 0 Å². The van der Waals surface area contributed by atoms with Crippen molar-refractivity contribution in [3.63, 3.8) is 0 Å². The molecule has 0 spiro atoms. The average Bonchev–Trinajstić information content (AvgIpc) is 3.35. The van der Waals surface area contributed by atoms with Gasteiger partial charge in [-0.25, -0.2) is 0 Å². The summed E-state index contributed by atoms with van der Waals surface area (Å²) in [6.45, 7) is 4.33. The minimum Gasteiger partial charge on any atom is -0.394 e. The first-order valence-electron chi connectivity index (χ1n) is 31.4. The van der Waals surface area contributed by atoms with E-state index >= 15 is 0 Å². The number of carbonyl (C=O) groups is 1. The second kappa shape index (κ2) is 60.7. The minimum atomic E-state index is -0.838. The third-order valence-corrected chi connectivity index (χ3v) is 14.6. The zero-order chi connectivity index (χ0) is 49.9. The number of hydrogen-bond acceptors (Lipinski definition) is 3. The second-order valence-electron chi connectivity index (χ2n) is 21.5. The maximum Gasteiger partial charge on any atom is 0.220 e. The van der Waals surface area contributed by atoms with E-state index in [4.69, 9.17) is 0 Å². The molecule has 0 aromatic carbocycles. The highest BCUT2D eigenvalue weighted by Gasteiger charge is 2.18. The van der Waals surface area contributed by atoms with E-state index in [-0.39, 0.29) is 12.5 Å². The van der Waals surface area contributed by atoms with Gasteiger partial charge in [0.25, 0.3) is 0 Å². The fourth-order valence-corrected chi connectivity index (χ4v) is 9.78. The standard InChI is InChI=1S/C65H123NO3/c1-3-5-7-9-11-13-15-17-19-21-23-24-25-26-27-28-29-30-31-32-33-34-35-36-37-38-39-40-41-42-43-45-47-49-51-53-55-57-59-61-65(69)66-63(62-67)64(68)60-58-56-54-52-50-48-46-44-22-20-18-16-14-12-10-8-6-4-2/h15,17,21,23,25-26,58,60,63-64,67-68H,3-14,16,18-20,22,24,27-57,59,61-62H2,1-2H3,(H,66,69)/b17-15-,23-21-,26-25-,60-58+. The second-order valence-corrected chi connectivity index (χ2v) is 21.5. The van der Waals surface area contributed by atoms with Crippen LogP contribution in [0.1, 0.15) is 341 Å². The summed E-state index contributed by atoms with van der Waals surface area (Å²) in [5.41, 5.74) is 0. The van der Waals surface area contributed by atoms with Gasteiger partial charge in [0.2, 0.25) is 5.91 Å². The molecule has 69 heavy (non-hydrogen) atoms. The van der Waals surface area contributed by atoms with Crippen LogP contribution in [0.5, 0.6) is 0 Å². The molecule has 0 radical (unpaired) electrons. The van der Waals surface area contributed by atoms with Gasteiger partial charge >= 0.3 is 0 Å². The first-order chi connectivity index (χ1) is 34.2. The fraction of sp³-hybridized carbons (Fsp3) is 0.862. The molecule has 1 amide bonds. The van der Waals surface area contributed by atoms with Gasteiger partial charge in [-0.15, -0.1) is 0 Å². The van der Waals surface area contributed by atoms with Crippen molar-refractivity contribution < 1.29 is 15.0 Å². The van der Waals surface area contributed by atoms with Crippen LogP contribution in [0.2, 0.25) is 0 Å². The molecular formula is C65H123NO3. The van der Waals surface area contributed by atoms with Crippen LogP contribution in [0.3, 0.4) is 0 Å². The van der Waals surface area contributed by atoms with E-state index in [0.29, 0.717) is 6.42 Å². The van der Waals surface area contributed by atoms with E-state index in [1.165, 1.54) is 283 Å². The van der Waals surface area contributed by atoms with Crippen molar-refractivity contribution in [1.82, 2.24) is 5.32 Å². The molecule has 0 heterocycles. The summed E-state index contributed by atoms with van der Waals surface area (Å²) >= 11 is 0. The summed E-state index contributed by atoms with van der Waals surface area (Å²) in [4.78, 5) is 12.5. The van der Waals surface area contributed by atoms with Gasteiger partial charge in [-0.2, -0.15) is 0 Å². The minimum absolute atomic E-state index is 0.0578. The highest BCUT2D eigenvalue weighted by molar-refractivity contribution is 5.76. The topological polar surface area (TPSA) is 69.6 Å². The maximum atomic E-state index is 12.5. The molecule has 0 aliphatic heterocycles. The number of unbranched alkanes of at least 4 members (excludes halogenated alkanes) is 45. The van der Waals surface area contributed by atoms with Gasteiger partial charge in [0, 0.05) is 6.42 Å². The Labute approximate surface area is 433 Å². The van der Waals surface area contributed by atoms with Crippen molar-refractivity contribution in [1.29, 1.82) is 0 Å². The molecule has 406 valence electrons. The Kier molecular flexibility index (Phi) is 59.2. The van der Waals surface area contributed by atoms with Gasteiger partial charge in [0.15, 0.2) is 0 Å². The highest BCUT2D eigenvalue weighted by atomic mass is 16.3.